The number of hydrogen-bond donors (Lipinski definition) is 2. The molecule has 0 bridgehead atoms. The smallest absolute Gasteiger partial charge is 0.308 e. The quantitative estimate of drug-likeness (QED) is 0.598. The molecule has 0 aromatic rings. The molecule has 0 radical (unpaired) electrons. The maximum absolute atomic E-state index is 11.2. The third-order valence-electron chi connectivity index (χ3n) is 1.87. The average Bonchev–Trinajstić information content (AvgIpc) is 2.07. The molecular weight excluding hydrogens is 184 g/mol. The van der Waals surface area contributed by atoms with Gasteiger partial charge in [0.05, 0.1) is 18.6 Å². The number of amides is 1. The van der Waals surface area contributed by atoms with Gasteiger partial charge in [-0.1, -0.05) is 0 Å². The fraction of sp³-hybridized carbons (Fsp3) is 0.778. The van der Waals surface area contributed by atoms with E-state index in [0.717, 1.165) is 0 Å². The lowest BCUT2D eigenvalue weighted by Gasteiger charge is -2.22. The molecule has 0 spiro atoms. The Balaban J connectivity index is 2.34. The summed E-state index contributed by atoms with van der Waals surface area (Å²) in [7, 11) is 0. The Morgan fingerprint density at radius 1 is 1.57 bits per heavy atom. The van der Waals surface area contributed by atoms with Crippen LogP contribution >= 0.6 is 0 Å². The Kier molecular flexibility index (Phi) is 3.88. The molecule has 0 aromatic heterocycles. The van der Waals surface area contributed by atoms with Gasteiger partial charge < -0.3 is 15.4 Å². The number of hydrogen-bond acceptors (Lipinski definition) is 4. The summed E-state index contributed by atoms with van der Waals surface area (Å²) in [4.78, 5) is 22.5. The lowest BCUT2D eigenvalue weighted by Crippen LogP contribution is -2.53. The number of carbonyl (C=O) groups is 2. The van der Waals surface area contributed by atoms with Crippen LogP contribution in [0.3, 0.4) is 0 Å². The SMILES string of the molecule is CC(C)OC(=O)C[C@@H]1NCCNC1=O. The van der Waals surface area contributed by atoms with E-state index in [9.17, 15) is 9.59 Å². The Labute approximate surface area is 83.2 Å². The van der Waals surface area contributed by atoms with Crippen LogP contribution < -0.4 is 10.6 Å². The van der Waals surface area contributed by atoms with E-state index in [4.69, 9.17) is 4.74 Å². The second kappa shape index (κ2) is 4.95. The van der Waals surface area contributed by atoms with Gasteiger partial charge in [-0.2, -0.15) is 0 Å². The summed E-state index contributed by atoms with van der Waals surface area (Å²) in [6, 6.07) is -0.435. The first-order valence-electron chi connectivity index (χ1n) is 4.80. The van der Waals surface area contributed by atoms with Crippen LogP contribution in [0.5, 0.6) is 0 Å². The Morgan fingerprint density at radius 3 is 2.86 bits per heavy atom. The molecule has 1 heterocycles. The molecule has 5 heteroatoms. The first-order valence-corrected chi connectivity index (χ1v) is 4.80. The first kappa shape index (κ1) is 11.0. The van der Waals surface area contributed by atoms with Crippen LogP contribution in [0.15, 0.2) is 0 Å². The molecule has 2 N–H and O–H groups in total. The lowest BCUT2D eigenvalue weighted by molar-refractivity contribution is -0.149. The zero-order valence-electron chi connectivity index (χ0n) is 8.50. The highest BCUT2D eigenvalue weighted by atomic mass is 16.5. The monoisotopic (exact) mass is 200 g/mol. The van der Waals surface area contributed by atoms with Crippen LogP contribution in [-0.4, -0.2) is 37.1 Å². The molecule has 0 unspecified atom stereocenters. The molecule has 80 valence electrons. The van der Waals surface area contributed by atoms with Crippen molar-refractivity contribution in [3.8, 4) is 0 Å². The highest BCUT2D eigenvalue weighted by Crippen LogP contribution is 2.00. The molecule has 1 aliphatic rings. The van der Waals surface area contributed by atoms with E-state index in [0.29, 0.717) is 13.1 Å². The molecule has 14 heavy (non-hydrogen) atoms. The number of rotatable bonds is 3. The van der Waals surface area contributed by atoms with Gasteiger partial charge in [-0.05, 0) is 13.8 Å². The maximum Gasteiger partial charge on any atom is 0.308 e. The van der Waals surface area contributed by atoms with Gasteiger partial charge >= 0.3 is 5.97 Å². The Morgan fingerprint density at radius 2 is 2.29 bits per heavy atom. The minimum Gasteiger partial charge on any atom is -0.463 e. The summed E-state index contributed by atoms with van der Waals surface area (Å²) in [6.07, 6.45) is -0.0292. The summed E-state index contributed by atoms with van der Waals surface area (Å²) in [5, 5.41) is 5.64. The van der Waals surface area contributed by atoms with E-state index in [1.54, 1.807) is 13.8 Å². The second-order valence-electron chi connectivity index (χ2n) is 3.54. The second-order valence-corrected chi connectivity index (χ2v) is 3.54. The molecule has 1 atom stereocenters. The van der Waals surface area contributed by atoms with Gasteiger partial charge in [0, 0.05) is 13.1 Å². The molecule has 1 amide bonds. The normalized spacial score (nSPS) is 21.9. The van der Waals surface area contributed by atoms with Gasteiger partial charge in [-0.15, -0.1) is 0 Å². The van der Waals surface area contributed by atoms with E-state index < -0.39 is 6.04 Å². The van der Waals surface area contributed by atoms with Crippen molar-refractivity contribution < 1.29 is 14.3 Å². The summed E-state index contributed by atoms with van der Waals surface area (Å²) in [5.74, 6) is -0.466. The molecule has 1 aliphatic heterocycles. The van der Waals surface area contributed by atoms with Crippen LogP contribution in [0.25, 0.3) is 0 Å². The maximum atomic E-state index is 11.2. The van der Waals surface area contributed by atoms with Gasteiger partial charge in [0.1, 0.15) is 0 Å². The molecule has 1 fully saturated rings. The van der Waals surface area contributed by atoms with Crippen molar-refractivity contribution in [1.82, 2.24) is 10.6 Å². The van der Waals surface area contributed by atoms with Crippen molar-refractivity contribution in [1.29, 1.82) is 0 Å². The molecule has 0 saturated carbocycles. The van der Waals surface area contributed by atoms with Crippen molar-refractivity contribution in [2.24, 2.45) is 0 Å². The number of nitrogens with one attached hydrogen (secondary N) is 2. The minimum absolute atomic E-state index is 0.101. The van der Waals surface area contributed by atoms with Crippen LogP contribution in [0.2, 0.25) is 0 Å². The van der Waals surface area contributed by atoms with Crippen molar-refractivity contribution in [3.63, 3.8) is 0 Å². The van der Waals surface area contributed by atoms with E-state index >= 15 is 0 Å². The summed E-state index contributed by atoms with van der Waals surface area (Å²) >= 11 is 0. The largest absolute Gasteiger partial charge is 0.463 e. The standard InChI is InChI=1S/C9H16N2O3/c1-6(2)14-8(12)5-7-9(13)11-4-3-10-7/h6-7,10H,3-5H2,1-2H3,(H,11,13)/t7-/m0/s1. The number of piperazine rings is 1. The van der Waals surface area contributed by atoms with Crippen molar-refractivity contribution >= 4 is 11.9 Å². The van der Waals surface area contributed by atoms with E-state index in [1.807, 2.05) is 0 Å². The van der Waals surface area contributed by atoms with Gasteiger partial charge in [0.2, 0.25) is 5.91 Å². The molecule has 1 saturated heterocycles. The molecule has 0 aromatic carbocycles. The van der Waals surface area contributed by atoms with Gasteiger partial charge in [-0.25, -0.2) is 0 Å². The summed E-state index contributed by atoms with van der Waals surface area (Å²) in [6.45, 7) is 4.89. The topological polar surface area (TPSA) is 67.4 Å². The van der Waals surface area contributed by atoms with Crippen LogP contribution in [0, 0.1) is 0 Å². The van der Waals surface area contributed by atoms with Crippen molar-refractivity contribution in [2.45, 2.75) is 32.4 Å². The zero-order valence-corrected chi connectivity index (χ0v) is 8.50. The van der Waals surface area contributed by atoms with Gasteiger partial charge in [0.15, 0.2) is 0 Å². The third kappa shape index (κ3) is 3.33. The highest BCUT2D eigenvalue weighted by molar-refractivity contribution is 5.87. The summed E-state index contributed by atoms with van der Waals surface area (Å²) in [5.41, 5.74) is 0. The molecule has 5 nitrogen and oxygen atoms in total. The number of esters is 1. The molecular formula is C9H16N2O3. The van der Waals surface area contributed by atoms with E-state index in [1.165, 1.54) is 0 Å². The molecule has 1 rings (SSSR count). The first-order chi connectivity index (χ1) is 6.59. The van der Waals surface area contributed by atoms with E-state index in [-0.39, 0.29) is 24.4 Å². The van der Waals surface area contributed by atoms with Crippen LogP contribution in [0.4, 0.5) is 0 Å². The minimum atomic E-state index is -0.435. The number of ether oxygens (including phenoxy) is 1. The predicted molar refractivity (Wildman–Crippen MR) is 50.6 cm³/mol. The van der Waals surface area contributed by atoms with Gasteiger partial charge in [-0.3, -0.25) is 9.59 Å². The fourth-order valence-electron chi connectivity index (χ4n) is 1.29. The molecule has 0 aliphatic carbocycles. The van der Waals surface area contributed by atoms with Crippen LogP contribution in [0.1, 0.15) is 20.3 Å². The highest BCUT2D eigenvalue weighted by Gasteiger charge is 2.24. The average molecular weight is 200 g/mol. The Bertz CT molecular complexity index is 228. The Hall–Kier alpha value is -1.10. The summed E-state index contributed by atoms with van der Waals surface area (Å²) < 4.78 is 4.94. The fourth-order valence-corrected chi connectivity index (χ4v) is 1.29. The van der Waals surface area contributed by atoms with Crippen molar-refractivity contribution in [3.05, 3.63) is 0 Å². The third-order valence-corrected chi connectivity index (χ3v) is 1.87. The van der Waals surface area contributed by atoms with Crippen molar-refractivity contribution in [2.75, 3.05) is 13.1 Å². The van der Waals surface area contributed by atoms with Gasteiger partial charge in [0.25, 0.3) is 0 Å². The number of carbonyl (C=O) groups excluding carboxylic acids is 2. The van der Waals surface area contributed by atoms with Crippen LogP contribution in [-0.2, 0) is 14.3 Å². The lowest BCUT2D eigenvalue weighted by atomic mass is 10.1. The predicted octanol–water partition coefficient (Wildman–Crippen LogP) is -0.584. The zero-order chi connectivity index (χ0) is 10.6. The van der Waals surface area contributed by atoms with E-state index in [2.05, 4.69) is 10.6 Å².